The third-order valence-electron chi connectivity index (χ3n) is 2.79. The fourth-order valence-corrected chi connectivity index (χ4v) is 1.79. The van der Waals surface area contributed by atoms with Crippen LogP contribution in [0, 0.1) is 6.92 Å². The normalized spacial score (nSPS) is 14.1. The number of benzene rings is 1. The molecule has 1 heterocycles. The van der Waals surface area contributed by atoms with Crippen molar-refractivity contribution in [3.05, 3.63) is 35.9 Å². The van der Waals surface area contributed by atoms with Gasteiger partial charge in [-0.25, -0.2) is 0 Å². The predicted molar refractivity (Wildman–Crippen MR) is 69.1 cm³/mol. The number of rotatable bonds is 5. The number of carbonyl (C=O) groups excluding carboxylic acids is 2. The molecule has 0 aliphatic carbocycles. The Labute approximate surface area is 111 Å². The zero-order valence-electron chi connectivity index (χ0n) is 10.9. The van der Waals surface area contributed by atoms with E-state index >= 15 is 0 Å². The van der Waals surface area contributed by atoms with Crippen molar-refractivity contribution in [1.29, 1.82) is 0 Å². The van der Waals surface area contributed by atoms with E-state index in [0.29, 0.717) is 11.5 Å². The van der Waals surface area contributed by atoms with Crippen molar-refractivity contribution < 1.29 is 19.1 Å². The van der Waals surface area contributed by atoms with Gasteiger partial charge in [0.15, 0.2) is 11.5 Å². The van der Waals surface area contributed by atoms with E-state index in [4.69, 9.17) is 9.47 Å². The molecule has 5 heteroatoms. The lowest BCUT2D eigenvalue weighted by Crippen LogP contribution is -2.33. The Morgan fingerprint density at radius 3 is 2.42 bits per heavy atom. The minimum absolute atomic E-state index is 0.224. The molecule has 0 atom stereocenters. The highest BCUT2D eigenvalue weighted by Gasteiger charge is 2.22. The summed E-state index contributed by atoms with van der Waals surface area (Å²) in [5, 5.41) is 0. The van der Waals surface area contributed by atoms with Crippen molar-refractivity contribution in [2.24, 2.45) is 0 Å². The van der Waals surface area contributed by atoms with Crippen LogP contribution in [0.3, 0.4) is 0 Å². The molecule has 2 amide bonds. The summed E-state index contributed by atoms with van der Waals surface area (Å²) in [7, 11) is 1.57. The maximum absolute atomic E-state index is 11.3. The summed E-state index contributed by atoms with van der Waals surface area (Å²) in [6.07, 6.45) is 2.52. The van der Waals surface area contributed by atoms with Crippen LogP contribution < -0.4 is 9.47 Å². The van der Waals surface area contributed by atoms with Crippen molar-refractivity contribution in [3.8, 4) is 11.5 Å². The van der Waals surface area contributed by atoms with Crippen molar-refractivity contribution >= 4 is 11.8 Å². The number of aryl methyl sites for hydroxylation is 1. The molecule has 0 unspecified atom stereocenters. The standard InChI is InChI=1S/C14H15NO4/c1-10-3-4-11(12(9-10)18-2)19-8-7-15-13(16)5-6-14(15)17/h3-6,9H,7-8H2,1-2H3. The number of nitrogens with zero attached hydrogens (tertiary/aromatic N) is 1. The maximum Gasteiger partial charge on any atom is 0.253 e. The van der Waals surface area contributed by atoms with Crippen LogP contribution in [-0.4, -0.2) is 37.0 Å². The molecule has 19 heavy (non-hydrogen) atoms. The molecule has 2 rings (SSSR count). The van der Waals surface area contributed by atoms with Crippen LogP contribution in [-0.2, 0) is 9.59 Å². The first-order chi connectivity index (χ1) is 9.11. The van der Waals surface area contributed by atoms with Crippen molar-refractivity contribution in [1.82, 2.24) is 4.90 Å². The molecule has 1 aliphatic rings. The number of hydrogen-bond acceptors (Lipinski definition) is 4. The number of imide groups is 1. The number of hydrogen-bond donors (Lipinski definition) is 0. The second-order valence-electron chi connectivity index (χ2n) is 4.16. The van der Waals surface area contributed by atoms with Crippen LogP contribution in [0.15, 0.2) is 30.4 Å². The Morgan fingerprint density at radius 2 is 1.79 bits per heavy atom. The van der Waals surface area contributed by atoms with E-state index in [9.17, 15) is 9.59 Å². The second kappa shape index (κ2) is 5.56. The summed E-state index contributed by atoms with van der Waals surface area (Å²) in [5.74, 6) is 0.631. The number of carbonyl (C=O) groups is 2. The molecule has 0 bridgehead atoms. The zero-order chi connectivity index (χ0) is 13.8. The molecule has 1 aromatic carbocycles. The lowest BCUT2D eigenvalue weighted by molar-refractivity contribution is -0.137. The molecule has 1 aromatic rings. The molecular weight excluding hydrogens is 246 g/mol. The minimum atomic E-state index is -0.301. The van der Waals surface area contributed by atoms with Crippen LogP contribution in [0.1, 0.15) is 5.56 Å². The average Bonchev–Trinajstić information content (AvgIpc) is 2.71. The third kappa shape index (κ3) is 2.93. The Balaban J connectivity index is 1.93. The van der Waals surface area contributed by atoms with Gasteiger partial charge >= 0.3 is 0 Å². The lowest BCUT2D eigenvalue weighted by Gasteiger charge is -2.15. The van der Waals surface area contributed by atoms with Gasteiger partial charge < -0.3 is 9.47 Å². The van der Waals surface area contributed by atoms with Crippen molar-refractivity contribution in [2.75, 3.05) is 20.3 Å². The molecular formula is C14H15NO4. The molecule has 0 N–H and O–H groups in total. The van der Waals surface area contributed by atoms with Gasteiger partial charge in [0, 0.05) is 12.2 Å². The maximum atomic E-state index is 11.3. The Hall–Kier alpha value is -2.30. The van der Waals surface area contributed by atoms with E-state index in [1.165, 1.54) is 12.2 Å². The molecule has 1 aliphatic heterocycles. The predicted octanol–water partition coefficient (Wildman–Crippen LogP) is 1.31. The largest absolute Gasteiger partial charge is 0.493 e. The minimum Gasteiger partial charge on any atom is -0.493 e. The fraction of sp³-hybridized carbons (Fsp3) is 0.286. The second-order valence-corrected chi connectivity index (χ2v) is 4.16. The van der Waals surface area contributed by atoms with Crippen LogP contribution in [0.2, 0.25) is 0 Å². The van der Waals surface area contributed by atoms with Gasteiger partial charge in [-0.3, -0.25) is 14.5 Å². The van der Waals surface area contributed by atoms with E-state index < -0.39 is 0 Å². The van der Waals surface area contributed by atoms with Gasteiger partial charge in [0.25, 0.3) is 11.8 Å². The summed E-state index contributed by atoms with van der Waals surface area (Å²) in [4.78, 5) is 23.8. The smallest absolute Gasteiger partial charge is 0.253 e. The highest BCUT2D eigenvalue weighted by atomic mass is 16.5. The molecule has 5 nitrogen and oxygen atoms in total. The topological polar surface area (TPSA) is 55.8 Å². The van der Waals surface area contributed by atoms with Crippen LogP contribution in [0.25, 0.3) is 0 Å². The highest BCUT2D eigenvalue weighted by molar-refractivity contribution is 6.12. The average molecular weight is 261 g/mol. The van der Waals surface area contributed by atoms with Gasteiger partial charge in [-0.1, -0.05) is 6.07 Å². The summed E-state index contributed by atoms with van der Waals surface area (Å²) in [5.41, 5.74) is 1.07. The Morgan fingerprint density at radius 1 is 1.11 bits per heavy atom. The van der Waals surface area contributed by atoms with Crippen molar-refractivity contribution in [2.45, 2.75) is 6.92 Å². The Kier molecular flexibility index (Phi) is 3.85. The monoisotopic (exact) mass is 261 g/mol. The summed E-state index contributed by atoms with van der Waals surface area (Å²) in [6.45, 7) is 2.42. The quantitative estimate of drug-likeness (QED) is 0.750. The van der Waals surface area contributed by atoms with Gasteiger partial charge in [0.05, 0.1) is 13.7 Å². The van der Waals surface area contributed by atoms with Gasteiger partial charge in [0.2, 0.25) is 0 Å². The third-order valence-corrected chi connectivity index (χ3v) is 2.79. The first kappa shape index (κ1) is 13.1. The number of amides is 2. The molecule has 0 fully saturated rings. The molecule has 100 valence electrons. The van der Waals surface area contributed by atoms with Gasteiger partial charge in [-0.15, -0.1) is 0 Å². The van der Waals surface area contributed by atoms with Crippen molar-refractivity contribution in [3.63, 3.8) is 0 Å². The summed E-state index contributed by atoms with van der Waals surface area (Å²) >= 11 is 0. The van der Waals surface area contributed by atoms with Crippen LogP contribution in [0.4, 0.5) is 0 Å². The van der Waals surface area contributed by atoms with E-state index in [-0.39, 0.29) is 25.0 Å². The fourth-order valence-electron chi connectivity index (χ4n) is 1.79. The number of ether oxygens (including phenoxy) is 2. The molecule has 0 saturated heterocycles. The Bertz CT molecular complexity index is 518. The first-order valence-electron chi connectivity index (χ1n) is 5.93. The lowest BCUT2D eigenvalue weighted by atomic mass is 10.2. The zero-order valence-corrected chi connectivity index (χ0v) is 10.9. The molecule has 0 saturated carbocycles. The van der Waals surface area contributed by atoms with Gasteiger partial charge in [0.1, 0.15) is 6.61 Å². The first-order valence-corrected chi connectivity index (χ1v) is 5.93. The summed E-state index contributed by atoms with van der Waals surface area (Å²) in [6, 6.07) is 5.58. The molecule has 0 spiro atoms. The van der Waals surface area contributed by atoms with Crippen LogP contribution in [0.5, 0.6) is 11.5 Å². The van der Waals surface area contributed by atoms with E-state index in [0.717, 1.165) is 10.5 Å². The van der Waals surface area contributed by atoms with Gasteiger partial charge in [-0.2, -0.15) is 0 Å². The SMILES string of the molecule is COc1cc(C)ccc1OCCN1C(=O)C=CC1=O. The van der Waals surface area contributed by atoms with Crippen LogP contribution >= 0.6 is 0 Å². The van der Waals surface area contributed by atoms with E-state index in [1.54, 1.807) is 13.2 Å². The molecule has 0 radical (unpaired) electrons. The highest BCUT2D eigenvalue weighted by Crippen LogP contribution is 2.27. The molecule has 0 aromatic heterocycles. The van der Waals surface area contributed by atoms with E-state index in [1.807, 2.05) is 19.1 Å². The number of methoxy groups -OCH3 is 1. The van der Waals surface area contributed by atoms with E-state index in [2.05, 4.69) is 0 Å². The summed E-state index contributed by atoms with van der Waals surface area (Å²) < 4.78 is 10.7. The van der Waals surface area contributed by atoms with Gasteiger partial charge in [-0.05, 0) is 24.6 Å².